The Kier molecular flexibility index (Phi) is 5.65. The average Bonchev–Trinajstić information content (AvgIpc) is 3.39. The van der Waals surface area contributed by atoms with Gasteiger partial charge in [-0.15, -0.1) is 0 Å². The van der Waals surface area contributed by atoms with Gasteiger partial charge in [0.15, 0.2) is 5.65 Å². The molecule has 0 spiro atoms. The molecule has 0 aliphatic rings. The molecule has 0 aliphatic heterocycles. The van der Waals surface area contributed by atoms with E-state index >= 15 is 0 Å². The fourth-order valence-electron chi connectivity index (χ4n) is 3.87. The first-order valence-electron chi connectivity index (χ1n) is 10.2. The summed E-state index contributed by atoms with van der Waals surface area (Å²) in [6.07, 6.45) is 3.72. The van der Waals surface area contributed by atoms with Crippen molar-refractivity contribution < 1.29 is 9.47 Å². The Morgan fingerprint density at radius 3 is 2.52 bits per heavy atom. The number of methoxy groups -OCH3 is 2. The quantitative estimate of drug-likeness (QED) is 0.491. The number of nitrogens with one attached hydrogen (secondary N) is 1. The second-order valence-corrected chi connectivity index (χ2v) is 7.83. The number of hydrogen-bond acceptors (Lipinski definition) is 5. The van der Waals surface area contributed by atoms with Gasteiger partial charge in [0, 0.05) is 37.1 Å². The summed E-state index contributed by atoms with van der Waals surface area (Å²) in [6.45, 7) is 6.56. The minimum atomic E-state index is -0.171. The van der Waals surface area contributed by atoms with Crippen LogP contribution in [0.5, 0.6) is 5.75 Å². The third-order valence-corrected chi connectivity index (χ3v) is 5.44. The lowest BCUT2D eigenvalue weighted by Gasteiger charge is -2.17. The maximum Gasteiger partial charge on any atom is 0.272 e. The van der Waals surface area contributed by atoms with Gasteiger partial charge in [-0.1, -0.05) is 26.0 Å². The highest BCUT2D eigenvalue weighted by Gasteiger charge is 2.21. The van der Waals surface area contributed by atoms with Crippen molar-refractivity contribution in [3.63, 3.8) is 0 Å². The molecule has 1 atom stereocenters. The molecule has 8 heteroatoms. The Labute approximate surface area is 180 Å². The molecule has 1 N–H and O–H groups in total. The number of ether oxygens (including phenoxy) is 2. The maximum atomic E-state index is 13.0. The van der Waals surface area contributed by atoms with Crippen molar-refractivity contribution in [2.75, 3.05) is 14.2 Å². The topological polar surface area (TPSA) is 86.4 Å². The number of hydrogen-bond donors (Lipinski definition) is 1. The zero-order valence-electron chi connectivity index (χ0n) is 18.4. The van der Waals surface area contributed by atoms with Crippen molar-refractivity contribution >= 4 is 5.65 Å². The summed E-state index contributed by atoms with van der Waals surface area (Å²) in [5.41, 5.74) is 3.63. The van der Waals surface area contributed by atoms with Crippen molar-refractivity contribution in [2.24, 2.45) is 0 Å². The van der Waals surface area contributed by atoms with E-state index < -0.39 is 0 Å². The van der Waals surface area contributed by atoms with Crippen LogP contribution in [0.3, 0.4) is 0 Å². The molecule has 3 aromatic heterocycles. The molecule has 31 heavy (non-hydrogen) atoms. The minimum Gasteiger partial charge on any atom is -0.497 e. The van der Waals surface area contributed by atoms with Crippen LogP contribution >= 0.6 is 0 Å². The Balaban J connectivity index is 1.90. The number of rotatable bonds is 7. The van der Waals surface area contributed by atoms with Gasteiger partial charge in [-0.2, -0.15) is 0 Å². The fourth-order valence-corrected chi connectivity index (χ4v) is 3.87. The van der Waals surface area contributed by atoms with Crippen molar-refractivity contribution in [2.45, 2.75) is 39.3 Å². The number of imidazole rings is 1. The number of aromatic amines is 1. The molecule has 8 nitrogen and oxygen atoms in total. The Morgan fingerprint density at radius 2 is 1.87 bits per heavy atom. The predicted molar refractivity (Wildman–Crippen MR) is 119 cm³/mol. The normalized spacial score (nSPS) is 12.6. The van der Waals surface area contributed by atoms with Crippen LogP contribution in [0.15, 0.2) is 47.5 Å². The minimum absolute atomic E-state index is 0.137. The Hall–Kier alpha value is -3.39. The number of aromatic nitrogens is 5. The third kappa shape index (κ3) is 3.74. The van der Waals surface area contributed by atoms with E-state index in [4.69, 9.17) is 14.5 Å². The largest absolute Gasteiger partial charge is 0.497 e. The first-order chi connectivity index (χ1) is 14.9. The van der Waals surface area contributed by atoms with Gasteiger partial charge in [0.1, 0.15) is 11.6 Å². The zero-order chi connectivity index (χ0) is 22.1. The molecule has 1 aromatic carbocycles. The second kappa shape index (κ2) is 8.39. The smallest absolute Gasteiger partial charge is 0.272 e. The molecule has 4 aromatic rings. The van der Waals surface area contributed by atoms with Crippen LogP contribution in [0.25, 0.3) is 16.8 Å². The van der Waals surface area contributed by atoms with Crippen molar-refractivity contribution in [1.29, 1.82) is 0 Å². The molecule has 0 fully saturated rings. The SMILES string of the molecule is COCc1[nH]n2c(=O)cc([C@@H](C)n3ccnc3C(C)C)nc2c1-c1ccc(OC)cc1. The zero-order valence-corrected chi connectivity index (χ0v) is 18.4. The van der Waals surface area contributed by atoms with Gasteiger partial charge in [0.05, 0.1) is 31.1 Å². The highest BCUT2D eigenvalue weighted by molar-refractivity contribution is 5.80. The maximum absolute atomic E-state index is 13.0. The first kappa shape index (κ1) is 20.9. The average molecular weight is 422 g/mol. The number of fused-ring (bicyclic) bond motifs is 1. The van der Waals surface area contributed by atoms with E-state index in [0.717, 1.165) is 28.4 Å². The van der Waals surface area contributed by atoms with Crippen LogP contribution in [-0.4, -0.2) is 38.4 Å². The summed E-state index contributed by atoms with van der Waals surface area (Å²) in [4.78, 5) is 22.4. The lowest BCUT2D eigenvalue weighted by Crippen LogP contribution is -2.20. The highest BCUT2D eigenvalue weighted by Crippen LogP contribution is 2.30. The first-order valence-corrected chi connectivity index (χ1v) is 10.2. The third-order valence-electron chi connectivity index (χ3n) is 5.44. The molecule has 0 radical (unpaired) electrons. The summed E-state index contributed by atoms with van der Waals surface area (Å²) in [5, 5.41) is 3.16. The Morgan fingerprint density at radius 1 is 1.13 bits per heavy atom. The molecule has 0 saturated carbocycles. The molecule has 0 amide bonds. The lowest BCUT2D eigenvalue weighted by atomic mass is 10.1. The lowest BCUT2D eigenvalue weighted by molar-refractivity contribution is 0.181. The Bertz CT molecular complexity index is 1250. The van der Waals surface area contributed by atoms with E-state index in [1.807, 2.05) is 37.4 Å². The van der Waals surface area contributed by atoms with Gasteiger partial charge in [0.2, 0.25) is 0 Å². The monoisotopic (exact) mass is 421 g/mol. The molecular formula is C23H27N5O3. The van der Waals surface area contributed by atoms with Gasteiger partial charge < -0.3 is 14.0 Å². The highest BCUT2D eigenvalue weighted by atomic mass is 16.5. The van der Waals surface area contributed by atoms with Gasteiger partial charge in [-0.05, 0) is 24.6 Å². The molecular weight excluding hydrogens is 394 g/mol. The van der Waals surface area contributed by atoms with Gasteiger partial charge in [-0.3, -0.25) is 9.89 Å². The van der Waals surface area contributed by atoms with E-state index in [-0.39, 0.29) is 17.5 Å². The molecule has 0 bridgehead atoms. The van der Waals surface area contributed by atoms with E-state index in [2.05, 4.69) is 28.5 Å². The molecule has 0 saturated heterocycles. The van der Waals surface area contributed by atoms with E-state index in [1.165, 1.54) is 4.52 Å². The summed E-state index contributed by atoms with van der Waals surface area (Å²) >= 11 is 0. The molecule has 162 valence electrons. The molecule has 4 rings (SSSR count). The number of benzene rings is 1. The van der Waals surface area contributed by atoms with Crippen molar-refractivity contribution in [3.8, 4) is 16.9 Å². The second-order valence-electron chi connectivity index (χ2n) is 7.83. The van der Waals surface area contributed by atoms with Crippen LogP contribution in [0.4, 0.5) is 0 Å². The molecule has 0 aliphatic carbocycles. The van der Waals surface area contributed by atoms with E-state index in [1.54, 1.807) is 26.5 Å². The number of nitrogens with zero attached hydrogens (tertiary/aromatic N) is 4. The molecule has 3 heterocycles. The fraction of sp³-hybridized carbons (Fsp3) is 0.348. The number of H-pyrrole nitrogens is 1. The molecule has 0 unspecified atom stereocenters. The van der Waals surface area contributed by atoms with Crippen LogP contribution in [-0.2, 0) is 11.3 Å². The summed E-state index contributed by atoms with van der Waals surface area (Å²) in [5.74, 6) is 1.98. The van der Waals surface area contributed by atoms with Crippen LogP contribution in [0.2, 0.25) is 0 Å². The standard InChI is InChI=1S/C23H27N5O3/c1-14(2)22-24-10-11-27(22)15(3)18-12-20(29)28-23(25-18)21(19(26-28)13-30-4)16-6-8-17(31-5)9-7-16/h6-12,14-15,26H,13H2,1-5H3/t15-/m1/s1. The van der Waals surface area contributed by atoms with E-state index in [9.17, 15) is 4.79 Å². The van der Waals surface area contributed by atoms with Gasteiger partial charge in [0.25, 0.3) is 5.56 Å². The van der Waals surface area contributed by atoms with Crippen LogP contribution in [0, 0.1) is 0 Å². The van der Waals surface area contributed by atoms with Crippen molar-refractivity contribution in [1.82, 2.24) is 24.1 Å². The van der Waals surface area contributed by atoms with Crippen LogP contribution < -0.4 is 10.3 Å². The summed E-state index contributed by atoms with van der Waals surface area (Å²) < 4.78 is 14.2. The summed E-state index contributed by atoms with van der Waals surface area (Å²) in [6, 6.07) is 9.13. The predicted octanol–water partition coefficient (Wildman–Crippen LogP) is 3.77. The van der Waals surface area contributed by atoms with Gasteiger partial charge in [-0.25, -0.2) is 14.5 Å². The van der Waals surface area contributed by atoms with E-state index in [0.29, 0.717) is 17.9 Å². The van der Waals surface area contributed by atoms with Gasteiger partial charge >= 0.3 is 0 Å². The summed E-state index contributed by atoms with van der Waals surface area (Å²) in [7, 11) is 3.26. The van der Waals surface area contributed by atoms with Crippen LogP contribution in [0.1, 0.15) is 49.9 Å². The van der Waals surface area contributed by atoms with Crippen molar-refractivity contribution in [3.05, 3.63) is 70.3 Å².